The number of ether oxygens (including phenoxy) is 2. The molecule has 3 aromatic carbocycles. The van der Waals surface area contributed by atoms with Crippen molar-refractivity contribution in [2.75, 3.05) is 24.7 Å². The van der Waals surface area contributed by atoms with Crippen molar-refractivity contribution in [1.82, 2.24) is 19.3 Å². The van der Waals surface area contributed by atoms with E-state index in [2.05, 4.69) is 15.3 Å². The maximum atomic E-state index is 13.5. The van der Waals surface area contributed by atoms with E-state index in [1.807, 2.05) is 37.4 Å². The number of anilines is 2. The molecule has 9 nitrogen and oxygen atoms in total. The number of benzene rings is 3. The van der Waals surface area contributed by atoms with Crippen molar-refractivity contribution in [3.05, 3.63) is 87.7 Å². The minimum Gasteiger partial charge on any atom is -0.496 e. The molecule has 0 aliphatic heterocycles. The monoisotopic (exact) mass is 655 g/mol. The van der Waals surface area contributed by atoms with Crippen LogP contribution in [0.4, 0.5) is 15.9 Å². The zero-order valence-electron chi connectivity index (χ0n) is 24.5. The molecule has 5 aromatic rings. The number of nitrogens with one attached hydrogen (secondary N) is 1. The lowest BCUT2D eigenvalue weighted by Crippen LogP contribution is -2.34. The Morgan fingerprint density at radius 1 is 1.09 bits per heavy atom. The van der Waals surface area contributed by atoms with Crippen molar-refractivity contribution >= 4 is 55.4 Å². The smallest absolute Gasteiger partial charge is 0.214 e. The van der Waals surface area contributed by atoms with Crippen molar-refractivity contribution in [3.8, 4) is 22.8 Å². The summed E-state index contributed by atoms with van der Waals surface area (Å²) in [5.41, 5.74) is 3.38. The minimum atomic E-state index is -3.39. The van der Waals surface area contributed by atoms with Crippen molar-refractivity contribution in [1.29, 1.82) is 0 Å². The first-order chi connectivity index (χ1) is 21.1. The second kappa shape index (κ2) is 13.4. The summed E-state index contributed by atoms with van der Waals surface area (Å²) >= 11 is 7.91. The van der Waals surface area contributed by atoms with E-state index in [9.17, 15) is 12.8 Å². The molecule has 0 aliphatic rings. The molecule has 44 heavy (non-hydrogen) atoms. The summed E-state index contributed by atoms with van der Waals surface area (Å²) in [6, 6.07) is 14.8. The Labute approximate surface area is 264 Å². The molecule has 2 heterocycles. The number of halogens is 2. The number of sulfonamides is 1. The second-order valence-electron chi connectivity index (χ2n) is 9.83. The van der Waals surface area contributed by atoms with Gasteiger partial charge in [0.2, 0.25) is 10.0 Å². The van der Waals surface area contributed by atoms with Gasteiger partial charge in [0, 0.05) is 34.6 Å². The molecule has 0 saturated heterocycles. The van der Waals surface area contributed by atoms with Gasteiger partial charge < -0.3 is 14.8 Å². The summed E-state index contributed by atoms with van der Waals surface area (Å²) in [6.45, 7) is 5.82. The van der Waals surface area contributed by atoms with Crippen LogP contribution in [0.5, 0.6) is 11.5 Å². The average Bonchev–Trinajstić information content (AvgIpc) is 3.51. The average molecular weight is 656 g/mol. The third kappa shape index (κ3) is 6.78. The van der Waals surface area contributed by atoms with E-state index in [4.69, 9.17) is 26.1 Å². The summed E-state index contributed by atoms with van der Waals surface area (Å²) in [7, 11) is -1.82. The van der Waals surface area contributed by atoms with Gasteiger partial charge in [-0.1, -0.05) is 30.7 Å². The van der Waals surface area contributed by atoms with Crippen LogP contribution in [0, 0.1) is 5.82 Å². The fourth-order valence-corrected chi connectivity index (χ4v) is 7.27. The van der Waals surface area contributed by atoms with Gasteiger partial charge in [0.25, 0.3) is 0 Å². The van der Waals surface area contributed by atoms with Crippen LogP contribution in [-0.4, -0.2) is 47.1 Å². The fraction of sp³-hybridized carbons (Fsp3) is 0.258. The molecule has 13 heteroatoms. The molecule has 0 aliphatic carbocycles. The highest BCUT2D eigenvalue weighted by molar-refractivity contribution is 7.89. The zero-order valence-corrected chi connectivity index (χ0v) is 26.9. The quantitative estimate of drug-likeness (QED) is 0.146. The number of hydrogen-bond donors (Lipinski definition) is 1. The highest BCUT2D eigenvalue weighted by Crippen LogP contribution is 2.38. The molecular weight excluding hydrogens is 625 g/mol. The first kappa shape index (κ1) is 31.6. The van der Waals surface area contributed by atoms with Gasteiger partial charge in [-0.15, -0.1) is 11.3 Å². The van der Waals surface area contributed by atoms with E-state index in [0.29, 0.717) is 61.9 Å². The normalized spacial score (nSPS) is 12.4. The van der Waals surface area contributed by atoms with Crippen LogP contribution in [0.1, 0.15) is 37.4 Å². The topological polar surface area (TPSA) is 107 Å². The largest absolute Gasteiger partial charge is 0.496 e. The minimum absolute atomic E-state index is 0.0214. The van der Waals surface area contributed by atoms with Gasteiger partial charge in [-0.05, 0) is 55.8 Å². The Bertz CT molecular complexity index is 1900. The Balaban J connectivity index is 1.42. The molecule has 1 N–H and O–H groups in total. The van der Waals surface area contributed by atoms with Gasteiger partial charge in [0.15, 0.2) is 0 Å². The number of methoxy groups -OCH3 is 1. The van der Waals surface area contributed by atoms with E-state index < -0.39 is 16.1 Å². The lowest BCUT2D eigenvalue weighted by Gasteiger charge is -2.25. The van der Waals surface area contributed by atoms with Crippen LogP contribution in [0.15, 0.2) is 66.3 Å². The number of rotatable bonds is 12. The maximum absolute atomic E-state index is 13.5. The first-order valence-corrected chi connectivity index (χ1v) is 16.7. The Morgan fingerprint density at radius 2 is 1.91 bits per heavy atom. The predicted molar refractivity (Wildman–Crippen MR) is 173 cm³/mol. The maximum Gasteiger partial charge on any atom is 0.214 e. The number of nitrogens with zero attached hydrogens (tertiary/aromatic N) is 4. The fourth-order valence-electron chi connectivity index (χ4n) is 4.78. The van der Waals surface area contributed by atoms with Crippen molar-refractivity contribution in [3.63, 3.8) is 0 Å². The molecular formula is C31H31ClFN5O4S2. The third-order valence-corrected chi connectivity index (χ3v) is 10.4. The summed E-state index contributed by atoms with van der Waals surface area (Å²) in [5, 5.41) is 6.97. The van der Waals surface area contributed by atoms with Crippen LogP contribution in [0.2, 0.25) is 5.02 Å². The van der Waals surface area contributed by atoms with Crippen LogP contribution in [0.25, 0.3) is 22.2 Å². The van der Waals surface area contributed by atoms with Gasteiger partial charge >= 0.3 is 0 Å². The standard InChI is InChI=1S/C31H31ClFN5O4S2/c1-5-38(44(39,40)6-2)19(3)31-37-27(17-43-31)23-14-24-26(15-29(23)41-4)34-18-35-30(24)36-22-10-11-28(25(32)13-22)42-16-20-8-7-9-21(33)12-20/h7-15,17-19H,5-6,16H2,1-4H3,(H,34,35,36). The van der Waals surface area contributed by atoms with E-state index in [1.165, 1.54) is 34.1 Å². The molecule has 0 spiro atoms. The van der Waals surface area contributed by atoms with Crippen LogP contribution >= 0.6 is 22.9 Å². The third-order valence-electron chi connectivity index (χ3n) is 7.06. The highest BCUT2D eigenvalue weighted by Gasteiger charge is 2.27. The zero-order chi connectivity index (χ0) is 31.4. The molecule has 0 bridgehead atoms. The van der Waals surface area contributed by atoms with E-state index in [1.54, 1.807) is 38.3 Å². The van der Waals surface area contributed by atoms with Crippen molar-refractivity contribution in [2.45, 2.75) is 33.4 Å². The van der Waals surface area contributed by atoms with Gasteiger partial charge in [-0.2, -0.15) is 4.31 Å². The van der Waals surface area contributed by atoms with Crippen molar-refractivity contribution in [2.24, 2.45) is 0 Å². The molecule has 0 amide bonds. The summed E-state index contributed by atoms with van der Waals surface area (Å²) in [6.07, 6.45) is 1.46. The van der Waals surface area contributed by atoms with Gasteiger partial charge in [0.1, 0.15) is 41.1 Å². The number of hydrogen-bond acceptors (Lipinski definition) is 9. The predicted octanol–water partition coefficient (Wildman–Crippen LogP) is 7.61. The number of fused-ring (bicyclic) bond motifs is 1. The number of aromatic nitrogens is 3. The molecule has 0 radical (unpaired) electrons. The summed E-state index contributed by atoms with van der Waals surface area (Å²) < 4.78 is 51.7. The SMILES string of the molecule is CCN(C(C)c1nc(-c2cc3c(Nc4ccc(OCc5cccc(F)c5)c(Cl)c4)ncnc3cc2OC)cs1)S(=O)(=O)CC. The van der Waals surface area contributed by atoms with Gasteiger partial charge in [0.05, 0.1) is 35.1 Å². The van der Waals surface area contributed by atoms with Crippen LogP contribution < -0.4 is 14.8 Å². The molecule has 1 unspecified atom stereocenters. The van der Waals surface area contributed by atoms with Gasteiger partial charge in [-0.3, -0.25) is 0 Å². The molecule has 5 rings (SSSR count). The Morgan fingerprint density at radius 3 is 2.61 bits per heavy atom. The first-order valence-electron chi connectivity index (χ1n) is 13.8. The summed E-state index contributed by atoms with van der Waals surface area (Å²) in [4.78, 5) is 13.7. The lowest BCUT2D eigenvalue weighted by atomic mass is 10.1. The molecule has 230 valence electrons. The molecule has 0 fully saturated rings. The highest BCUT2D eigenvalue weighted by atomic mass is 35.5. The lowest BCUT2D eigenvalue weighted by molar-refractivity contribution is 0.306. The van der Waals surface area contributed by atoms with Crippen LogP contribution in [-0.2, 0) is 16.6 Å². The van der Waals surface area contributed by atoms with E-state index in [0.717, 1.165) is 5.39 Å². The molecule has 0 saturated carbocycles. The molecule has 1 atom stereocenters. The Hall–Kier alpha value is -3.84. The molecule has 2 aromatic heterocycles. The summed E-state index contributed by atoms with van der Waals surface area (Å²) in [5.74, 6) is 1.27. The Kier molecular flexibility index (Phi) is 9.64. The van der Waals surface area contributed by atoms with Gasteiger partial charge in [-0.25, -0.2) is 27.8 Å². The van der Waals surface area contributed by atoms with E-state index in [-0.39, 0.29) is 18.2 Å². The second-order valence-corrected chi connectivity index (χ2v) is 13.3. The van der Waals surface area contributed by atoms with E-state index >= 15 is 0 Å². The number of thiazole rings is 1. The van der Waals surface area contributed by atoms with Crippen LogP contribution in [0.3, 0.4) is 0 Å². The van der Waals surface area contributed by atoms with Crippen molar-refractivity contribution < 1.29 is 22.3 Å².